The molecule has 1 fully saturated rings. The Morgan fingerprint density at radius 2 is 2.23 bits per heavy atom. The van der Waals surface area contributed by atoms with Gasteiger partial charge in [-0.1, -0.05) is 18.2 Å². The van der Waals surface area contributed by atoms with Gasteiger partial charge in [0.2, 0.25) is 0 Å². The third-order valence-corrected chi connectivity index (χ3v) is 3.80. The highest BCUT2D eigenvalue weighted by Gasteiger charge is 2.15. The third-order valence-electron chi connectivity index (χ3n) is 3.80. The number of aliphatic imine (C=N–C) groups is 1. The van der Waals surface area contributed by atoms with Crippen LogP contribution in [0.2, 0.25) is 0 Å². The summed E-state index contributed by atoms with van der Waals surface area (Å²) in [6, 6.07) is 6.66. The van der Waals surface area contributed by atoms with Crippen molar-refractivity contribution in [2.24, 2.45) is 4.99 Å². The van der Waals surface area contributed by atoms with Gasteiger partial charge in [-0.3, -0.25) is 10.1 Å². The lowest BCUT2D eigenvalue weighted by Crippen LogP contribution is -2.38. The number of guanidine groups is 1. The fraction of sp³-hybridized carbons (Fsp3) is 0.588. The second-order valence-corrected chi connectivity index (χ2v) is 5.72. The van der Waals surface area contributed by atoms with Gasteiger partial charge in [0, 0.05) is 32.4 Å². The van der Waals surface area contributed by atoms with Gasteiger partial charge < -0.3 is 20.1 Å². The quantitative estimate of drug-likeness (QED) is 0.141. The molecule has 0 saturated carbocycles. The number of hydrogen-bond acceptors (Lipinski definition) is 5. The van der Waals surface area contributed by atoms with Gasteiger partial charge in [-0.05, 0) is 19.8 Å². The van der Waals surface area contributed by atoms with Crippen LogP contribution in [-0.4, -0.2) is 49.9 Å². The molecule has 0 spiro atoms. The number of hydrogen-bond donors (Lipinski definition) is 2. The first kappa shape index (κ1) is 22.6. The molecule has 1 aromatic rings. The van der Waals surface area contributed by atoms with Gasteiger partial charge in [0.15, 0.2) is 5.96 Å². The zero-order chi connectivity index (χ0) is 17.9. The van der Waals surface area contributed by atoms with Crippen LogP contribution in [0.1, 0.15) is 25.3 Å². The van der Waals surface area contributed by atoms with E-state index < -0.39 is 0 Å². The predicted octanol–water partition coefficient (Wildman–Crippen LogP) is 2.46. The molecule has 1 aliphatic heterocycles. The van der Waals surface area contributed by atoms with E-state index in [9.17, 15) is 10.1 Å². The summed E-state index contributed by atoms with van der Waals surface area (Å²) >= 11 is 0. The molecular weight excluding hydrogens is 451 g/mol. The maximum absolute atomic E-state index is 11.0. The number of nitrogens with one attached hydrogen (secondary N) is 2. The Bertz CT molecular complexity index is 580. The Labute approximate surface area is 170 Å². The van der Waals surface area contributed by atoms with E-state index in [1.165, 1.54) is 6.07 Å². The first-order chi connectivity index (χ1) is 12.2. The number of para-hydroxylation sites is 1. The lowest BCUT2D eigenvalue weighted by atomic mass is 10.2. The molecule has 1 aliphatic rings. The maximum atomic E-state index is 11.0. The second kappa shape index (κ2) is 12.8. The summed E-state index contributed by atoms with van der Waals surface area (Å²) in [6.07, 6.45) is 2.04. The molecule has 0 radical (unpaired) electrons. The monoisotopic (exact) mass is 478 g/mol. The fourth-order valence-corrected chi connectivity index (χ4v) is 2.50. The van der Waals surface area contributed by atoms with Crippen LogP contribution >= 0.6 is 24.0 Å². The van der Waals surface area contributed by atoms with Crippen LogP contribution in [-0.2, 0) is 16.0 Å². The van der Waals surface area contributed by atoms with Crippen LogP contribution in [0, 0.1) is 10.1 Å². The summed E-state index contributed by atoms with van der Waals surface area (Å²) in [6.45, 7) is 5.81. The average Bonchev–Trinajstić information content (AvgIpc) is 3.13. The maximum Gasteiger partial charge on any atom is 0.274 e. The van der Waals surface area contributed by atoms with E-state index in [1.807, 2.05) is 6.92 Å². The molecule has 0 aromatic heterocycles. The van der Waals surface area contributed by atoms with Gasteiger partial charge in [0.05, 0.1) is 29.7 Å². The van der Waals surface area contributed by atoms with Gasteiger partial charge in [-0.25, -0.2) is 4.99 Å². The Kier molecular flexibility index (Phi) is 11.1. The number of ether oxygens (including phenoxy) is 2. The molecule has 1 unspecified atom stereocenters. The van der Waals surface area contributed by atoms with Crippen molar-refractivity contribution in [1.29, 1.82) is 0 Å². The smallest absolute Gasteiger partial charge is 0.274 e. The van der Waals surface area contributed by atoms with Gasteiger partial charge in [0.1, 0.15) is 0 Å². The topological polar surface area (TPSA) is 98.0 Å². The minimum atomic E-state index is -0.380. The molecular formula is C17H27IN4O4. The molecule has 2 rings (SSSR count). The molecule has 8 nitrogen and oxygen atoms in total. The van der Waals surface area contributed by atoms with Gasteiger partial charge in [-0.15, -0.1) is 24.0 Å². The molecule has 0 aliphatic carbocycles. The molecule has 26 heavy (non-hydrogen) atoms. The molecule has 2 N–H and O–H groups in total. The summed E-state index contributed by atoms with van der Waals surface area (Å²) in [5.74, 6) is 0.643. The van der Waals surface area contributed by atoms with E-state index >= 15 is 0 Å². The van der Waals surface area contributed by atoms with Crippen LogP contribution in [0.3, 0.4) is 0 Å². The lowest BCUT2D eigenvalue weighted by molar-refractivity contribution is -0.385. The number of rotatable bonds is 9. The first-order valence-electron chi connectivity index (χ1n) is 8.64. The minimum absolute atomic E-state index is 0. The van der Waals surface area contributed by atoms with E-state index in [4.69, 9.17) is 9.47 Å². The van der Waals surface area contributed by atoms with E-state index in [0.29, 0.717) is 24.7 Å². The van der Waals surface area contributed by atoms with E-state index in [-0.39, 0.29) is 47.2 Å². The standard InChI is InChI=1S/C17H26N4O4.HI/c1-2-18-17(19-9-5-10-25-15-8-11-24-13-15)20-12-14-6-3-4-7-16(14)21(22)23;/h3-4,6-7,15H,2,5,8-13H2,1H3,(H2,18,19,20);1H. The highest BCUT2D eigenvalue weighted by atomic mass is 127. The zero-order valence-electron chi connectivity index (χ0n) is 15.0. The van der Waals surface area contributed by atoms with E-state index in [1.54, 1.807) is 18.2 Å². The van der Waals surface area contributed by atoms with Gasteiger partial charge in [-0.2, -0.15) is 0 Å². The van der Waals surface area contributed by atoms with Crippen LogP contribution in [0.25, 0.3) is 0 Å². The Morgan fingerprint density at radius 3 is 2.92 bits per heavy atom. The molecule has 1 heterocycles. The van der Waals surface area contributed by atoms with Crippen molar-refractivity contribution in [3.05, 3.63) is 39.9 Å². The number of nitro benzene ring substituents is 1. The van der Waals surface area contributed by atoms with E-state index in [2.05, 4.69) is 15.6 Å². The van der Waals surface area contributed by atoms with Crippen molar-refractivity contribution < 1.29 is 14.4 Å². The number of nitro groups is 1. The van der Waals surface area contributed by atoms with Crippen LogP contribution in [0.15, 0.2) is 29.3 Å². The van der Waals surface area contributed by atoms with Gasteiger partial charge in [0.25, 0.3) is 5.69 Å². The number of benzene rings is 1. The van der Waals surface area contributed by atoms with Gasteiger partial charge >= 0.3 is 0 Å². The molecule has 0 amide bonds. The SMILES string of the molecule is CCNC(=NCc1ccccc1[N+](=O)[O-])NCCCOC1CCOC1.I. The summed E-state index contributed by atoms with van der Waals surface area (Å²) in [4.78, 5) is 15.1. The van der Waals surface area contributed by atoms with Crippen molar-refractivity contribution in [1.82, 2.24) is 10.6 Å². The van der Waals surface area contributed by atoms with Crippen molar-refractivity contribution >= 4 is 35.6 Å². The summed E-state index contributed by atoms with van der Waals surface area (Å²) in [7, 11) is 0. The largest absolute Gasteiger partial charge is 0.379 e. The summed E-state index contributed by atoms with van der Waals surface area (Å²) in [5, 5.41) is 17.4. The average molecular weight is 478 g/mol. The normalized spacial score (nSPS) is 16.8. The number of halogens is 1. The summed E-state index contributed by atoms with van der Waals surface area (Å²) in [5.41, 5.74) is 0.684. The molecule has 0 bridgehead atoms. The van der Waals surface area contributed by atoms with Crippen molar-refractivity contribution in [2.45, 2.75) is 32.4 Å². The van der Waals surface area contributed by atoms with Crippen LogP contribution < -0.4 is 10.6 Å². The number of nitrogens with zero attached hydrogens (tertiary/aromatic N) is 2. The first-order valence-corrected chi connectivity index (χ1v) is 8.64. The molecule has 1 saturated heterocycles. The van der Waals surface area contributed by atoms with Crippen LogP contribution in [0.4, 0.5) is 5.69 Å². The van der Waals surface area contributed by atoms with Crippen LogP contribution in [0.5, 0.6) is 0 Å². The Morgan fingerprint density at radius 1 is 1.42 bits per heavy atom. The second-order valence-electron chi connectivity index (χ2n) is 5.72. The Balaban J connectivity index is 0.00000338. The van der Waals surface area contributed by atoms with Crippen molar-refractivity contribution in [2.75, 3.05) is 32.9 Å². The fourth-order valence-electron chi connectivity index (χ4n) is 2.50. The predicted molar refractivity (Wildman–Crippen MR) is 111 cm³/mol. The minimum Gasteiger partial charge on any atom is -0.379 e. The molecule has 1 aromatic carbocycles. The Hall–Kier alpha value is -1.46. The molecule has 146 valence electrons. The van der Waals surface area contributed by atoms with E-state index in [0.717, 1.165) is 32.5 Å². The third kappa shape index (κ3) is 7.83. The van der Waals surface area contributed by atoms with Crippen molar-refractivity contribution in [3.63, 3.8) is 0 Å². The molecule has 1 atom stereocenters. The van der Waals surface area contributed by atoms with Crippen molar-refractivity contribution in [3.8, 4) is 0 Å². The lowest BCUT2D eigenvalue weighted by Gasteiger charge is -2.13. The zero-order valence-corrected chi connectivity index (χ0v) is 17.3. The summed E-state index contributed by atoms with van der Waals surface area (Å²) < 4.78 is 11.0. The molecule has 9 heteroatoms. The highest BCUT2D eigenvalue weighted by molar-refractivity contribution is 14.0. The highest BCUT2D eigenvalue weighted by Crippen LogP contribution is 2.18.